The van der Waals surface area contributed by atoms with Crippen LogP contribution >= 0.6 is 0 Å². The van der Waals surface area contributed by atoms with Crippen LogP contribution in [0.3, 0.4) is 0 Å². The Kier molecular flexibility index (Phi) is 3.09. The molecule has 0 atom stereocenters. The van der Waals surface area contributed by atoms with Gasteiger partial charge in [0, 0.05) is 18.0 Å². The zero-order valence-corrected chi connectivity index (χ0v) is 10.8. The molecule has 0 aliphatic heterocycles. The van der Waals surface area contributed by atoms with Crippen LogP contribution in [0.5, 0.6) is 0 Å². The molecule has 0 saturated carbocycles. The molecular weight excluding hydrogens is 230 g/mol. The molecule has 2 N–H and O–H groups in total. The lowest BCUT2D eigenvalue weighted by molar-refractivity contribution is 0.0473. The van der Waals surface area contributed by atoms with Gasteiger partial charge >= 0.3 is 0 Å². The highest BCUT2D eigenvalue weighted by atomic mass is 16.3. The molecule has 1 aromatic carbocycles. The molecule has 0 saturated heterocycles. The van der Waals surface area contributed by atoms with Crippen molar-refractivity contribution in [1.29, 1.82) is 0 Å². The van der Waals surface area contributed by atoms with Crippen molar-refractivity contribution in [2.24, 2.45) is 0 Å². The smallest absolute Gasteiger partial charge is 0.254 e. The fraction of sp³-hybridized carbons (Fsp3) is 0.385. The lowest BCUT2D eigenvalue weighted by Gasteiger charge is -2.34. The number of fused-ring (bicyclic) bond motifs is 1. The number of carbonyl (C=O) groups excluding carboxylic acids is 1. The number of likely N-dealkylation sites (N-methyl/N-ethyl adjacent to an activating group) is 1. The van der Waals surface area contributed by atoms with E-state index in [0.717, 1.165) is 10.9 Å². The molecule has 0 radical (unpaired) electrons. The molecule has 0 bridgehead atoms. The van der Waals surface area contributed by atoms with Crippen LogP contribution in [0, 0.1) is 0 Å². The molecule has 18 heavy (non-hydrogen) atoms. The summed E-state index contributed by atoms with van der Waals surface area (Å²) in [5, 5.41) is 17.0. The number of H-pyrrole nitrogens is 1. The maximum Gasteiger partial charge on any atom is 0.254 e. The number of rotatable bonds is 3. The van der Waals surface area contributed by atoms with Gasteiger partial charge in [0.1, 0.15) is 0 Å². The Morgan fingerprint density at radius 1 is 1.50 bits per heavy atom. The summed E-state index contributed by atoms with van der Waals surface area (Å²) < 4.78 is 0. The molecule has 1 aromatic heterocycles. The van der Waals surface area contributed by atoms with Crippen LogP contribution in [0.15, 0.2) is 24.4 Å². The minimum atomic E-state index is -0.583. The van der Waals surface area contributed by atoms with Crippen molar-refractivity contribution in [2.45, 2.75) is 19.4 Å². The molecular formula is C13H17N3O2. The monoisotopic (exact) mass is 247 g/mol. The van der Waals surface area contributed by atoms with Gasteiger partial charge in [-0.05, 0) is 26.0 Å². The van der Waals surface area contributed by atoms with Crippen LogP contribution in [0.25, 0.3) is 10.9 Å². The lowest BCUT2D eigenvalue weighted by Crippen LogP contribution is -2.47. The molecule has 1 amide bonds. The van der Waals surface area contributed by atoms with Crippen LogP contribution in [-0.4, -0.2) is 45.3 Å². The Morgan fingerprint density at radius 2 is 2.22 bits per heavy atom. The lowest BCUT2D eigenvalue weighted by atomic mass is 10.0. The number of hydrogen-bond donors (Lipinski definition) is 2. The summed E-state index contributed by atoms with van der Waals surface area (Å²) in [7, 11) is 1.69. The van der Waals surface area contributed by atoms with Crippen molar-refractivity contribution >= 4 is 16.8 Å². The Morgan fingerprint density at radius 3 is 2.89 bits per heavy atom. The first-order valence-corrected chi connectivity index (χ1v) is 5.78. The minimum Gasteiger partial charge on any atom is -0.394 e. The largest absolute Gasteiger partial charge is 0.394 e. The Balaban J connectivity index is 2.33. The number of aromatic nitrogens is 2. The van der Waals surface area contributed by atoms with E-state index in [-0.39, 0.29) is 12.5 Å². The summed E-state index contributed by atoms with van der Waals surface area (Å²) in [6.45, 7) is 3.56. The van der Waals surface area contributed by atoms with Crippen molar-refractivity contribution in [3.63, 3.8) is 0 Å². The van der Waals surface area contributed by atoms with Gasteiger partial charge in [0.2, 0.25) is 0 Å². The van der Waals surface area contributed by atoms with Gasteiger partial charge in [-0.15, -0.1) is 0 Å². The zero-order valence-electron chi connectivity index (χ0n) is 10.8. The third kappa shape index (κ3) is 2.09. The average Bonchev–Trinajstić information content (AvgIpc) is 2.84. The van der Waals surface area contributed by atoms with Crippen LogP contribution in [-0.2, 0) is 0 Å². The summed E-state index contributed by atoms with van der Waals surface area (Å²) in [4.78, 5) is 13.8. The highest BCUT2D eigenvalue weighted by Crippen LogP contribution is 2.18. The van der Waals surface area contributed by atoms with E-state index in [9.17, 15) is 9.90 Å². The van der Waals surface area contributed by atoms with E-state index < -0.39 is 5.54 Å². The maximum absolute atomic E-state index is 12.3. The second-order valence-corrected chi connectivity index (χ2v) is 5.01. The predicted octanol–water partition coefficient (Wildman–Crippen LogP) is 1.41. The third-order valence-electron chi connectivity index (χ3n) is 3.29. The van der Waals surface area contributed by atoms with Gasteiger partial charge in [-0.3, -0.25) is 9.89 Å². The Hall–Kier alpha value is -1.88. The maximum atomic E-state index is 12.3. The van der Waals surface area contributed by atoms with Gasteiger partial charge in [-0.1, -0.05) is 6.07 Å². The topological polar surface area (TPSA) is 69.2 Å². The number of aliphatic hydroxyl groups is 1. The van der Waals surface area contributed by atoms with E-state index in [2.05, 4.69) is 10.2 Å². The number of nitrogens with zero attached hydrogens (tertiary/aromatic N) is 2. The van der Waals surface area contributed by atoms with E-state index in [4.69, 9.17) is 0 Å². The summed E-state index contributed by atoms with van der Waals surface area (Å²) in [5.41, 5.74) is 0.826. The van der Waals surface area contributed by atoms with Gasteiger partial charge < -0.3 is 10.0 Å². The highest BCUT2D eigenvalue weighted by Gasteiger charge is 2.27. The van der Waals surface area contributed by atoms with Crippen molar-refractivity contribution < 1.29 is 9.90 Å². The molecule has 0 aliphatic rings. The van der Waals surface area contributed by atoms with Crippen molar-refractivity contribution in [3.05, 3.63) is 30.0 Å². The first kappa shape index (κ1) is 12.6. The number of aliphatic hydroxyl groups excluding tert-OH is 1. The molecule has 0 spiro atoms. The van der Waals surface area contributed by atoms with Crippen LogP contribution < -0.4 is 0 Å². The van der Waals surface area contributed by atoms with E-state index in [0.29, 0.717) is 5.56 Å². The number of hydrogen-bond acceptors (Lipinski definition) is 3. The minimum absolute atomic E-state index is 0.0818. The molecule has 0 fully saturated rings. The third-order valence-corrected chi connectivity index (χ3v) is 3.29. The molecule has 96 valence electrons. The zero-order chi connectivity index (χ0) is 13.3. The van der Waals surface area contributed by atoms with E-state index in [1.165, 1.54) is 0 Å². The molecule has 0 aliphatic carbocycles. The van der Waals surface area contributed by atoms with Crippen molar-refractivity contribution in [3.8, 4) is 0 Å². The second kappa shape index (κ2) is 4.42. The Bertz CT molecular complexity index is 574. The van der Waals surface area contributed by atoms with Crippen molar-refractivity contribution in [2.75, 3.05) is 13.7 Å². The van der Waals surface area contributed by atoms with E-state index in [1.54, 1.807) is 30.3 Å². The standard InChI is InChI=1S/C13H17N3O2/c1-13(2,8-17)16(3)12(18)9-4-5-10-7-14-15-11(10)6-9/h4-7,17H,8H2,1-3H3,(H,14,15). The quantitative estimate of drug-likeness (QED) is 0.861. The summed E-state index contributed by atoms with van der Waals surface area (Å²) >= 11 is 0. The van der Waals surface area contributed by atoms with Crippen LogP contribution in [0.4, 0.5) is 0 Å². The number of benzene rings is 1. The first-order valence-electron chi connectivity index (χ1n) is 5.78. The number of nitrogens with one attached hydrogen (secondary N) is 1. The van der Waals surface area contributed by atoms with Crippen LogP contribution in [0.1, 0.15) is 24.2 Å². The molecule has 5 heteroatoms. The number of aromatic amines is 1. The fourth-order valence-corrected chi connectivity index (χ4v) is 1.64. The van der Waals surface area contributed by atoms with E-state index >= 15 is 0 Å². The molecule has 2 rings (SSSR count). The van der Waals surface area contributed by atoms with Crippen molar-refractivity contribution in [1.82, 2.24) is 15.1 Å². The summed E-state index contributed by atoms with van der Waals surface area (Å²) in [6.07, 6.45) is 1.71. The first-order chi connectivity index (χ1) is 8.45. The predicted molar refractivity (Wildman–Crippen MR) is 69.4 cm³/mol. The van der Waals surface area contributed by atoms with Gasteiger partial charge in [0.25, 0.3) is 5.91 Å². The summed E-state index contributed by atoms with van der Waals surface area (Å²) in [6, 6.07) is 5.39. The van der Waals surface area contributed by atoms with Gasteiger partial charge in [-0.25, -0.2) is 0 Å². The molecule has 1 heterocycles. The Labute approximate surface area is 105 Å². The average molecular weight is 247 g/mol. The normalized spacial score (nSPS) is 11.8. The van der Waals surface area contributed by atoms with Gasteiger partial charge in [0.05, 0.1) is 23.9 Å². The number of amides is 1. The fourth-order valence-electron chi connectivity index (χ4n) is 1.64. The molecule has 0 unspecified atom stereocenters. The second-order valence-electron chi connectivity index (χ2n) is 5.01. The summed E-state index contributed by atoms with van der Waals surface area (Å²) in [5.74, 6) is -0.120. The SMILES string of the molecule is CN(C(=O)c1ccc2cn[nH]c2c1)C(C)(C)CO. The highest BCUT2D eigenvalue weighted by molar-refractivity contribution is 5.97. The molecule has 2 aromatic rings. The molecule has 5 nitrogen and oxygen atoms in total. The van der Waals surface area contributed by atoms with Crippen LogP contribution in [0.2, 0.25) is 0 Å². The van der Waals surface area contributed by atoms with Gasteiger partial charge in [-0.2, -0.15) is 5.10 Å². The van der Waals surface area contributed by atoms with Gasteiger partial charge in [0.15, 0.2) is 0 Å². The van der Waals surface area contributed by atoms with E-state index in [1.807, 2.05) is 19.9 Å². The number of carbonyl (C=O) groups is 1.